The van der Waals surface area contributed by atoms with Crippen molar-refractivity contribution in [3.05, 3.63) is 40.9 Å². The van der Waals surface area contributed by atoms with Gasteiger partial charge in [-0.25, -0.2) is 4.98 Å². The number of nitrogens with one attached hydrogen (secondary N) is 1. The average Bonchev–Trinajstić information content (AvgIpc) is 2.76. The first kappa shape index (κ1) is 9.54. The third-order valence-electron chi connectivity index (χ3n) is 2.72. The zero-order valence-corrected chi connectivity index (χ0v) is 9.38. The summed E-state index contributed by atoms with van der Waals surface area (Å²) in [6.45, 7) is 0.776. The molecule has 4 heteroatoms. The summed E-state index contributed by atoms with van der Waals surface area (Å²) in [6, 6.07) is 6.15. The highest BCUT2D eigenvalue weighted by Gasteiger charge is 2.12. The Morgan fingerprint density at radius 1 is 1.38 bits per heavy atom. The maximum atomic E-state index is 5.47. The third kappa shape index (κ3) is 1.51. The highest BCUT2D eigenvalue weighted by atomic mass is 32.1. The van der Waals surface area contributed by atoms with Crippen molar-refractivity contribution in [2.24, 2.45) is 0 Å². The lowest BCUT2D eigenvalue weighted by atomic mass is 10.0. The van der Waals surface area contributed by atoms with Crippen LogP contribution < -0.4 is 4.74 Å². The fraction of sp³-hybridized carbons (Fsp3) is 0.167. The molecule has 0 spiro atoms. The molecule has 3 rings (SSSR count). The van der Waals surface area contributed by atoms with E-state index < -0.39 is 0 Å². The molecule has 3 nitrogen and oxygen atoms in total. The number of rotatable bonds is 1. The van der Waals surface area contributed by atoms with Gasteiger partial charge in [0.25, 0.3) is 0 Å². The summed E-state index contributed by atoms with van der Waals surface area (Å²) in [7, 11) is 0. The van der Waals surface area contributed by atoms with Crippen LogP contribution in [0.4, 0.5) is 0 Å². The Balaban J connectivity index is 2.15. The minimum absolute atomic E-state index is 0.717. The van der Waals surface area contributed by atoms with Crippen molar-refractivity contribution < 1.29 is 4.74 Å². The summed E-state index contributed by atoms with van der Waals surface area (Å²) in [5, 5.41) is 0. The number of ether oxygens (including phenoxy) is 1. The van der Waals surface area contributed by atoms with Gasteiger partial charge < -0.3 is 9.72 Å². The summed E-state index contributed by atoms with van der Waals surface area (Å²) in [5.74, 6) is 0.988. The van der Waals surface area contributed by atoms with Crippen molar-refractivity contribution in [2.75, 3.05) is 6.61 Å². The Morgan fingerprint density at radius 3 is 3.19 bits per heavy atom. The Morgan fingerprint density at radius 2 is 2.31 bits per heavy atom. The molecule has 2 heterocycles. The molecule has 1 aromatic carbocycles. The van der Waals surface area contributed by atoms with Crippen LogP contribution in [0.25, 0.3) is 11.1 Å². The molecule has 1 aliphatic heterocycles. The van der Waals surface area contributed by atoms with Gasteiger partial charge in [0, 0.05) is 18.2 Å². The van der Waals surface area contributed by atoms with Crippen molar-refractivity contribution in [1.82, 2.24) is 9.97 Å². The van der Waals surface area contributed by atoms with E-state index in [1.54, 1.807) is 12.5 Å². The molecule has 0 aliphatic carbocycles. The molecular formula is C12H10N2OS. The fourth-order valence-corrected chi connectivity index (χ4v) is 2.13. The van der Waals surface area contributed by atoms with E-state index in [1.807, 2.05) is 12.1 Å². The zero-order valence-electron chi connectivity index (χ0n) is 8.56. The molecule has 1 aliphatic rings. The van der Waals surface area contributed by atoms with E-state index in [-0.39, 0.29) is 0 Å². The summed E-state index contributed by atoms with van der Waals surface area (Å²) in [4.78, 5) is 7.00. The quantitative estimate of drug-likeness (QED) is 0.765. The number of aromatic nitrogens is 2. The summed E-state index contributed by atoms with van der Waals surface area (Å²) < 4.78 is 6.19. The minimum Gasteiger partial charge on any atom is -0.493 e. The average molecular weight is 230 g/mol. The zero-order chi connectivity index (χ0) is 11.0. The van der Waals surface area contributed by atoms with E-state index in [4.69, 9.17) is 17.0 Å². The molecule has 0 fully saturated rings. The second kappa shape index (κ2) is 3.72. The van der Waals surface area contributed by atoms with Crippen LogP contribution in [0.3, 0.4) is 0 Å². The van der Waals surface area contributed by atoms with Gasteiger partial charge in [-0.05, 0) is 23.3 Å². The van der Waals surface area contributed by atoms with Crippen molar-refractivity contribution in [1.29, 1.82) is 0 Å². The first-order valence-corrected chi connectivity index (χ1v) is 5.54. The van der Waals surface area contributed by atoms with Crippen molar-refractivity contribution in [3.63, 3.8) is 0 Å². The molecule has 0 bridgehead atoms. The monoisotopic (exact) mass is 230 g/mol. The van der Waals surface area contributed by atoms with Gasteiger partial charge in [0.1, 0.15) is 10.4 Å². The van der Waals surface area contributed by atoms with Crippen LogP contribution in [-0.4, -0.2) is 16.6 Å². The van der Waals surface area contributed by atoms with E-state index in [0.29, 0.717) is 4.64 Å². The van der Waals surface area contributed by atoms with Crippen molar-refractivity contribution >= 4 is 12.2 Å². The summed E-state index contributed by atoms with van der Waals surface area (Å²) >= 11 is 5.24. The van der Waals surface area contributed by atoms with E-state index >= 15 is 0 Å². The van der Waals surface area contributed by atoms with Gasteiger partial charge in [-0.3, -0.25) is 0 Å². The van der Waals surface area contributed by atoms with Crippen LogP contribution >= 0.6 is 12.2 Å². The number of hydrogen-bond acceptors (Lipinski definition) is 3. The van der Waals surface area contributed by atoms with E-state index in [0.717, 1.165) is 29.9 Å². The molecule has 1 aromatic heterocycles. The molecule has 1 N–H and O–H groups in total. The van der Waals surface area contributed by atoms with Crippen LogP contribution in [0.1, 0.15) is 5.56 Å². The maximum absolute atomic E-state index is 5.47. The first-order valence-electron chi connectivity index (χ1n) is 5.13. The van der Waals surface area contributed by atoms with Gasteiger partial charge >= 0.3 is 0 Å². The van der Waals surface area contributed by atoms with Crippen molar-refractivity contribution in [3.8, 4) is 16.9 Å². The highest BCUT2D eigenvalue weighted by Crippen LogP contribution is 2.30. The topological polar surface area (TPSA) is 37.9 Å². The number of H-pyrrole nitrogens is 1. The van der Waals surface area contributed by atoms with Crippen LogP contribution in [0.5, 0.6) is 5.75 Å². The van der Waals surface area contributed by atoms with Gasteiger partial charge in [0.15, 0.2) is 0 Å². The lowest BCUT2D eigenvalue weighted by Crippen LogP contribution is -1.86. The van der Waals surface area contributed by atoms with E-state index in [1.165, 1.54) is 5.56 Å². The Hall–Kier alpha value is -1.68. The molecule has 0 amide bonds. The van der Waals surface area contributed by atoms with E-state index in [2.05, 4.69) is 16.0 Å². The molecule has 0 saturated carbocycles. The number of nitrogens with zero attached hydrogens (tertiary/aromatic N) is 1. The minimum atomic E-state index is 0.717. The second-order valence-electron chi connectivity index (χ2n) is 3.72. The Kier molecular flexibility index (Phi) is 2.22. The molecule has 0 saturated heterocycles. The van der Waals surface area contributed by atoms with Gasteiger partial charge in [-0.1, -0.05) is 18.3 Å². The maximum Gasteiger partial charge on any atom is 0.122 e. The molecule has 16 heavy (non-hydrogen) atoms. The first-order chi connectivity index (χ1) is 7.84. The third-order valence-corrected chi connectivity index (χ3v) is 3.06. The Labute approximate surface area is 98.1 Å². The lowest BCUT2D eigenvalue weighted by molar-refractivity contribution is 0.357. The smallest absolute Gasteiger partial charge is 0.122 e. The molecule has 0 atom stereocenters. The SMILES string of the molecule is S=c1[nH]cncc1-c1ccc2c(c1)CCO2. The van der Waals surface area contributed by atoms with Crippen LogP contribution in [0.2, 0.25) is 0 Å². The molecule has 0 radical (unpaired) electrons. The standard InChI is InChI=1S/C12H10N2OS/c16-12-10(6-13-7-14-12)8-1-2-11-9(5-8)3-4-15-11/h1-2,5-7H,3-4H2,(H,13,14,16). The summed E-state index contributed by atoms with van der Waals surface area (Å²) in [5.41, 5.74) is 3.31. The number of aromatic amines is 1. The van der Waals surface area contributed by atoms with Crippen LogP contribution in [0, 0.1) is 4.64 Å². The van der Waals surface area contributed by atoms with Gasteiger partial charge in [-0.15, -0.1) is 0 Å². The fourth-order valence-electron chi connectivity index (χ4n) is 1.90. The predicted octanol–water partition coefficient (Wildman–Crippen LogP) is 2.74. The number of fused-ring (bicyclic) bond motifs is 1. The lowest BCUT2D eigenvalue weighted by Gasteiger charge is -2.03. The van der Waals surface area contributed by atoms with Gasteiger partial charge in [-0.2, -0.15) is 0 Å². The molecule has 0 unspecified atom stereocenters. The molecular weight excluding hydrogens is 220 g/mol. The number of hydrogen-bond donors (Lipinski definition) is 1. The Bertz CT molecular complexity index is 592. The predicted molar refractivity (Wildman–Crippen MR) is 64.1 cm³/mol. The highest BCUT2D eigenvalue weighted by molar-refractivity contribution is 7.71. The second-order valence-corrected chi connectivity index (χ2v) is 4.12. The molecule has 80 valence electrons. The van der Waals surface area contributed by atoms with Gasteiger partial charge in [0.05, 0.1) is 12.9 Å². The summed E-state index contributed by atoms with van der Waals surface area (Å²) in [6.07, 6.45) is 4.36. The van der Waals surface area contributed by atoms with Crippen LogP contribution in [-0.2, 0) is 6.42 Å². The van der Waals surface area contributed by atoms with Crippen LogP contribution in [0.15, 0.2) is 30.7 Å². The normalized spacial score (nSPS) is 13.2. The van der Waals surface area contributed by atoms with Gasteiger partial charge in [0.2, 0.25) is 0 Å². The van der Waals surface area contributed by atoms with Crippen molar-refractivity contribution in [2.45, 2.75) is 6.42 Å². The largest absolute Gasteiger partial charge is 0.493 e. The van der Waals surface area contributed by atoms with E-state index in [9.17, 15) is 0 Å². The number of benzene rings is 1. The molecule has 2 aromatic rings.